The summed E-state index contributed by atoms with van der Waals surface area (Å²) in [6.07, 6.45) is 4.74. The molecule has 4 rings (SSSR count). The lowest BCUT2D eigenvalue weighted by molar-refractivity contribution is -2.00. The largest absolute Gasteiger partial charge is 0.436 e. The zero-order valence-corrected chi connectivity index (χ0v) is 16.9. The molecule has 0 unspecified atom stereocenters. The molecule has 0 N–H and O–H groups in total. The van der Waals surface area contributed by atoms with Crippen molar-refractivity contribution in [3.63, 3.8) is 0 Å². The maximum atomic E-state index is 8.49. The van der Waals surface area contributed by atoms with E-state index in [1.807, 2.05) is 60.4 Å². The summed E-state index contributed by atoms with van der Waals surface area (Å²) >= 11 is 0. The van der Waals surface area contributed by atoms with Gasteiger partial charge in [0.15, 0.2) is 18.2 Å². The maximum absolute atomic E-state index is 8.49. The summed E-state index contributed by atoms with van der Waals surface area (Å²) in [5.74, 6) is 1.50. The third-order valence-corrected chi connectivity index (χ3v) is 4.17. The summed E-state index contributed by atoms with van der Waals surface area (Å²) in [5, 5.41) is 0. The molecule has 0 radical (unpaired) electrons. The Kier molecular flexibility index (Phi) is 6.94. The third-order valence-electron chi connectivity index (χ3n) is 4.17. The molecule has 154 valence electrons. The number of hydrogen-bond acceptors (Lipinski definition) is 6. The van der Waals surface area contributed by atoms with Crippen LogP contribution in [0.1, 0.15) is 11.3 Å². The highest BCUT2D eigenvalue weighted by molar-refractivity contribution is 5.64. The Morgan fingerprint density at radius 2 is 1.33 bits per heavy atom. The number of oxazole rings is 1. The fourth-order valence-electron chi connectivity index (χ4n) is 2.84. The van der Waals surface area contributed by atoms with Crippen LogP contribution in [-0.2, 0) is 13.5 Å². The fourth-order valence-corrected chi connectivity index (χ4v) is 2.84. The van der Waals surface area contributed by atoms with Crippen LogP contribution in [0.3, 0.4) is 0 Å². The van der Waals surface area contributed by atoms with Crippen molar-refractivity contribution in [2.24, 2.45) is 7.05 Å². The second kappa shape index (κ2) is 9.62. The molecule has 30 heavy (non-hydrogen) atoms. The van der Waals surface area contributed by atoms with E-state index < -0.39 is 10.2 Å². The molecule has 0 saturated carbocycles. The number of aromatic nitrogens is 2. The normalized spacial score (nSPS) is 11.0. The minimum atomic E-state index is -4.94. The van der Waals surface area contributed by atoms with Gasteiger partial charge in [0.05, 0.1) is 5.69 Å². The average Bonchev–Trinajstić information content (AvgIpc) is 3.12. The number of benzene rings is 2. The van der Waals surface area contributed by atoms with Gasteiger partial charge in [0.25, 0.3) is 0 Å². The smallest absolute Gasteiger partial charge is 0.227 e. The van der Waals surface area contributed by atoms with Gasteiger partial charge in [-0.15, -0.1) is 10.2 Å². The van der Waals surface area contributed by atoms with Crippen molar-refractivity contribution in [3.8, 4) is 22.8 Å². The van der Waals surface area contributed by atoms with E-state index in [-0.39, 0.29) is 0 Å². The molecule has 8 heteroatoms. The van der Waals surface area contributed by atoms with Gasteiger partial charge < -0.3 is 4.42 Å². The van der Waals surface area contributed by atoms with Crippen molar-refractivity contribution < 1.29 is 37.9 Å². The summed E-state index contributed by atoms with van der Waals surface area (Å²) in [4.78, 5) is 4.81. The molecule has 0 aliphatic heterocycles. The molecule has 0 atom stereocenters. The Morgan fingerprint density at radius 3 is 1.90 bits per heavy atom. The lowest BCUT2D eigenvalue weighted by Gasteiger charge is -2.17. The molecule has 0 saturated heterocycles. The zero-order chi connectivity index (χ0) is 21.6. The van der Waals surface area contributed by atoms with Crippen LogP contribution in [0.4, 0.5) is 0 Å². The monoisotopic (exact) mass is 426 g/mol. The van der Waals surface area contributed by atoms with Gasteiger partial charge in [0.1, 0.15) is 7.05 Å². The summed E-state index contributed by atoms with van der Waals surface area (Å²) < 4.78 is 42.1. The molecule has 2 aromatic carbocycles. The van der Waals surface area contributed by atoms with Crippen molar-refractivity contribution in [1.29, 1.82) is 0 Å². The highest BCUT2D eigenvalue weighted by Crippen LogP contribution is 2.30. The van der Waals surface area contributed by atoms with Gasteiger partial charge in [-0.3, -0.25) is 0 Å². The second-order valence-electron chi connectivity index (χ2n) is 6.45. The van der Waals surface area contributed by atoms with E-state index in [1.54, 1.807) is 0 Å². The first kappa shape index (κ1) is 21.6. The molecule has 0 spiro atoms. The Morgan fingerprint density at radius 1 is 0.800 bits per heavy atom. The minimum absolute atomic E-state index is 0.658. The Hall–Kier alpha value is -3.07. The van der Waals surface area contributed by atoms with Crippen molar-refractivity contribution in [3.05, 3.63) is 96.4 Å². The quantitative estimate of drug-likeness (QED) is 0.412. The summed E-state index contributed by atoms with van der Waals surface area (Å²) in [6, 6.07) is 24.6. The van der Waals surface area contributed by atoms with Crippen LogP contribution in [0, 0.1) is 10.2 Å². The Labute approximate surface area is 175 Å². The molecule has 7 nitrogen and oxygen atoms in total. The summed E-state index contributed by atoms with van der Waals surface area (Å²) in [5.41, 5.74) is 4.21. The number of pyridine rings is 1. The molecule has 0 aliphatic carbocycles. The van der Waals surface area contributed by atoms with Crippen LogP contribution in [-0.4, -0.2) is 4.98 Å². The van der Waals surface area contributed by atoms with Gasteiger partial charge in [-0.2, -0.15) is 0 Å². The number of halogens is 1. The van der Waals surface area contributed by atoms with E-state index in [2.05, 4.69) is 36.4 Å². The Bertz CT molecular complexity index is 1060. The molecule has 2 aromatic heterocycles. The van der Waals surface area contributed by atoms with Crippen LogP contribution in [0.15, 0.2) is 89.6 Å². The van der Waals surface area contributed by atoms with Gasteiger partial charge in [-0.05, 0) is 5.56 Å². The highest BCUT2D eigenvalue weighted by Gasteiger charge is 2.17. The molecular weight excluding hydrogens is 408 g/mol. The molecular formula is C22H19ClN2O5. The van der Waals surface area contributed by atoms with Crippen molar-refractivity contribution >= 4 is 0 Å². The summed E-state index contributed by atoms with van der Waals surface area (Å²) in [6.45, 7) is 0. The van der Waals surface area contributed by atoms with Gasteiger partial charge >= 0.3 is 0 Å². The molecule has 0 bridgehead atoms. The van der Waals surface area contributed by atoms with E-state index >= 15 is 0 Å². The molecule has 0 aliphatic rings. The van der Waals surface area contributed by atoms with Crippen molar-refractivity contribution in [2.45, 2.75) is 6.42 Å². The van der Waals surface area contributed by atoms with E-state index in [0.717, 1.165) is 29.0 Å². The molecule has 4 aromatic rings. The topological polar surface area (TPSA) is 122 Å². The molecule has 0 fully saturated rings. The van der Waals surface area contributed by atoms with Crippen LogP contribution in [0.2, 0.25) is 0 Å². The number of nitrogens with zero attached hydrogens (tertiary/aromatic N) is 2. The highest BCUT2D eigenvalue weighted by atomic mass is 35.7. The van der Waals surface area contributed by atoms with E-state index in [1.165, 1.54) is 5.56 Å². The van der Waals surface area contributed by atoms with Crippen LogP contribution < -0.4 is 23.2 Å². The standard InChI is InChI=1S/C22H19N2O.ClHO4/c1-24-14-12-19(13-15-24)22-23-20(16-17-8-4-2-5-9-17)21(25-22)18-10-6-3-7-11-18;2-1(3,4)5/h2-15H,16H2,1H3;(H,2,3,4,5)/q+1;/p-1. The SMILES string of the molecule is C[n+]1ccc(-c2nc(Cc3ccccc3)c(-c3ccccc3)o2)cc1.[O-][Cl+3]([O-])([O-])[O-]. The van der Waals surface area contributed by atoms with Crippen molar-refractivity contribution in [2.75, 3.05) is 0 Å². The van der Waals surface area contributed by atoms with Gasteiger partial charge in [-0.25, -0.2) is 28.2 Å². The average molecular weight is 427 g/mol. The number of rotatable bonds is 4. The summed E-state index contributed by atoms with van der Waals surface area (Å²) in [7, 11) is -2.95. The van der Waals surface area contributed by atoms with E-state index in [0.29, 0.717) is 5.89 Å². The second-order valence-corrected chi connectivity index (χ2v) is 7.21. The van der Waals surface area contributed by atoms with Crippen LogP contribution in [0.25, 0.3) is 22.8 Å². The fraction of sp³-hybridized carbons (Fsp3) is 0.0909. The Balaban J connectivity index is 0.000000461. The van der Waals surface area contributed by atoms with Gasteiger partial charge in [-0.1, -0.05) is 60.7 Å². The predicted octanol–water partition coefficient (Wildman–Crippen LogP) is -0.332. The zero-order valence-electron chi connectivity index (χ0n) is 16.1. The first-order valence-corrected chi connectivity index (χ1v) is 10.2. The lowest BCUT2D eigenvalue weighted by Crippen LogP contribution is -2.68. The first-order chi connectivity index (χ1) is 14.3. The lowest BCUT2D eigenvalue weighted by atomic mass is 10.1. The van der Waals surface area contributed by atoms with Crippen molar-refractivity contribution in [1.82, 2.24) is 4.98 Å². The van der Waals surface area contributed by atoms with Crippen LogP contribution >= 0.6 is 0 Å². The molecule has 2 heterocycles. The first-order valence-electron chi connectivity index (χ1n) is 8.96. The maximum Gasteiger partial charge on any atom is 0.227 e. The predicted molar refractivity (Wildman–Crippen MR) is 97.8 cm³/mol. The van der Waals surface area contributed by atoms with Gasteiger partial charge in [0.2, 0.25) is 5.89 Å². The van der Waals surface area contributed by atoms with Gasteiger partial charge in [0, 0.05) is 29.7 Å². The number of aryl methyl sites for hydroxylation is 1. The number of hydrogen-bond donors (Lipinski definition) is 0. The minimum Gasteiger partial charge on any atom is -0.436 e. The van der Waals surface area contributed by atoms with E-state index in [4.69, 9.17) is 28.0 Å². The van der Waals surface area contributed by atoms with E-state index in [9.17, 15) is 0 Å². The third kappa shape index (κ3) is 6.48. The molecule has 0 amide bonds. The van der Waals surface area contributed by atoms with Crippen LogP contribution in [0.5, 0.6) is 0 Å².